The summed E-state index contributed by atoms with van der Waals surface area (Å²) in [5.41, 5.74) is 0.824. The third-order valence-electron chi connectivity index (χ3n) is 5.03. The molecule has 0 bridgehead atoms. The first kappa shape index (κ1) is 20.9. The molecular weight excluding hydrogens is 348 g/mol. The maximum atomic E-state index is 13.0. The van der Waals surface area contributed by atoms with Gasteiger partial charge in [0.15, 0.2) is 0 Å². The highest BCUT2D eigenvalue weighted by molar-refractivity contribution is 5.92. The molecule has 1 fully saturated rings. The van der Waals surface area contributed by atoms with Crippen molar-refractivity contribution in [2.24, 2.45) is 5.92 Å². The zero-order chi connectivity index (χ0) is 20.1. The van der Waals surface area contributed by atoms with Crippen molar-refractivity contribution >= 4 is 17.8 Å². The van der Waals surface area contributed by atoms with Gasteiger partial charge in [0.05, 0.1) is 0 Å². The average molecular weight is 376 g/mol. The SMILES string of the molecule is CC(C)[C@@H](C(=O)N1CCC[C@H]1C(=O)O)N(C)C(=O)[C@H](O)Cc1ccccc1. The van der Waals surface area contributed by atoms with Crippen LogP contribution in [0.1, 0.15) is 32.3 Å². The van der Waals surface area contributed by atoms with Crippen molar-refractivity contribution in [1.82, 2.24) is 9.80 Å². The fourth-order valence-corrected chi connectivity index (χ4v) is 3.65. The second kappa shape index (κ2) is 8.99. The van der Waals surface area contributed by atoms with Gasteiger partial charge < -0.3 is 20.0 Å². The second-order valence-corrected chi connectivity index (χ2v) is 7.37. The van der Waals surface area contributed by atoms with Crippen molar-refractivity contribution in [1.29, 1.82) is 0 Å². The number of likely N-dealkylation sites (N-methyl/N-ethyl adjacent to an activating group) is 1. The van der Waals surface area contributed by atoms with E-state index >= 15 is 0 Å². The Morgan fingerprint density at radius 1 is 1.22 bits per heavy atom. The Bertz CT molecular complexity index is 676. The number of carboxylic acids is 1. The number of nitrogens with zero attached hydrogens (tertiary/aromatic N) is 2. The maximum Gasteiger partial charge on any atom is 0.326 e. The van der Waals surface area contributed by atoms with Crippen LogP contribution in [0.15, 0.2) is 30.3 Å². The lowest BCUT2D eigenvalue weighted by molar-refractivity contribution is -0.155. The molecule has 0 aliphatic carbocycles. The highest BCUT2D eigenvalue weighted by atomic mass is 16.4. The topological polar surface area (TPSA) is 98.2 Å². The number of aliphatic hydroxyl groups excluding tert-OH is 1. The van der Waals surface area contributed by atoms with E-state index in [0.29, 0.717) is 19.4 Å². The molecule has 1 aromatic rings. The van der Waals surface area contributed by atoms with Gasteiger partial charge in [-0.15, -0.1) is 0 Å². The molecular formula is C20H28N2O5. The van der Waals surface area contributed by atoms with Crippen LogP contribution < -0.4 is 0 Å². The molecule has 1 aromatic carbocycles. The van der Waals surface area contributed by atoms with Gasteiger partial charge in [-0.3, -0.25) is 9.59 Å². The van der Waals surface area contributed by atoms with Crippen LogP contribution in [-0.2, 0) is 20.8 Å². The molecule has 1 saturated heterocycles. The van der Waals surface area contributed by atoms with Gasteiger partial charge >= 0.3 is 5.97 Å². The lowest BCUT2D eigenvalue weighted by Crippen LogP contribution is -2.56. The quantitative estimate of drug-likeness (QED) is 0.744. The summed E-state index contributed by atoms with van der Waals surface area (Å²) in [6.45, 7) is 3.98. The molecule has 0 aromatic heterocycles. The Kier molecular flexibility index (Phi) is 6.96. The van der Waals surface area contributed by atoms with E-state index in [4.69, 9.17) is 0 Å². The largest absolute Gasteiger partial charge is 0.480 e. The molecule has 148 valence electrons. The van der Waals surface area contributed by atoms with Crippen LogP contribution in [0.25, 0.3) is 0 Å². The number of aliphatic hydroxyl groups is 1. The van der Waals surface area contributed by atoms with E-state index in [9.17, 15) is 24.6 Å². The normalized spacial score (nSPS) is 19.0. The zero-order valence-corrected chi connectivity index (χ0v) is 16.0. The summed E-state index contributed by atoms with van der Waals surface area (Å²) in [7, 11) is 1.49. The van der Waals surface area contributed by atoms with E-state index in [1.54, 1.807) is 0 Å². The first-order valence-corrected chi connectivity index (χ1v) is 9.26. The highest BCUT2D eigenvalue weighted by Gasteiger charge is 2.41. The summed E-state index contributed by atoms with van der Waals surface area (Å²) in [6.07, 6.45) is -0.0627. The van der Waals surface area contributed by atoms with E-state index < -0.39 is 30.1 Å². The summed E-state index contributed by atoms with van der Waals surface area (Å²) in [5.74, 6) is -2.17. The summed E-state index contributed by atoms with van der Waals surface area (Å²) in [6, 6.07) is 7.49. The molecule has 0 radical (unpaired) electrons. The number of aliphatic carboxylic acids is 1. The molecule has 0 unspecified atom stereocenters. The second-order valence-electron chi connectivity index (χ2n) is 7.37. The number of rotatable bonds is 7. The minimum absolute atomic E-state index is 0.157. The maximum absolute atomic E-state index is 13.0. The number of likely N-dealkylation sites (tertiary alicyclic amines) is 1. The van der Waals surface area contributed by atoms with E-state index in [1.807, 2.05) is 44.2 Å². The van der Waals surface area contributed by atoms with Crippen molar-refractivity contribution < 1.29 is 24.6 Å². The third-order valence-corrected chi connectivity index (χ3v) is 5.03. The Morgan fingerprint density at radius 2 is 1.85 bits per heavy atom. The van der Waals surface area contributed by atoms with Gasteiger partial charge in [0, 0.05) is 20.0 Å². The van der Waals surface area contributed by atoms with Crippen molar-refractivity contribution in [3.05, 3.63) is 35.9 Å². The fourth-order valence-electron chi connectivity index (χ4n) is 3.65. The number of hydrogen-bond donors (Lipinski definition) is 2. The predicted molar refractivity (Wildman–Crippen MR) is 99.9 cm³/mol. The van der Waals surface area contributed by atoms with Gasteiger partial charge in [0.25, 0.3) is 5.91 Å². The first-order chi connectivity index (χ1) is 12.7. The van der Waals surface area contributed by atoms with Gasteiger partial charge in [-0.1, -0.05) is 44.2 Å². The summed E-state index contributed by atoms with van der Waals surface area (Å²) < 4.78 is 0. The van der Waals surface area contributed by atoms with Crippen molar-refractivity contribution in [3.63, 3.8) is 0 Å². The summed E-state index contributed by atoms with van der Waals surface area (Å²) in [4.78, 5) is 39.8. The van der Waals surface area contributed by atoms with E-state index in [2.05, 4.69) is 0 Å². The Labute approximate surface area is 159 Å². The molecule has 1 heterocycles. The number of benzene rings is 1. The van der Waals surface area contributed by atoms with Crippen LogP contribution in [0, 0.1) is 5.92 Å². The molecule has 0 saturated carbocycles. The summed E-state index contributed by atoms with van der Waals surface area (Å²) >= 11 is 0. The highest BCUT2D eigenvalue weighted by Crippen LogP contribution is 2.23. The monoisotopic (exact) mass is 376 g/mol. The molecule has 27 heavy (non-hydrogen) atoms. The molecule has 1 aliphatic rings. The number of hydrogen-bond acceptors (Lipinski definition) is 4. The molecule has 7 nitrogen and oxygen atoms in total. The van der Waals surface area contributed by atoms with Crippen molar-refractivity contribution in [3.8, 4) is 0 Å². The Hall–Kier alpha value is -2.41. The zero-order valence-electron chi connectivity index (χ0n) is 16.0. The smallest absolute Gasteiger partial charge is 0.326 e. The van der Waals surface area contributed by atoms with Crippen LogP contribution in [0.4, 0.5) is 0 Å². The Balaban J connectivity index is 2.13. The molecule has 3 atom stereocenters. The molecule has 2 amide bonds. The van der Waals surface area contributed by atoms with Crippen LogP contribution in [0.2, 0.25) is 0 Å². The van der Waals surface area contributed by atoms with Crippen LogP contribution >= 0.6 is 0 Å². The van der Waals surface area contributed by atoms with Crippen LogP contribution in [0.5, 0.6) is 0 Å². The van der Waals surface area contributed by atoms with Gasteiger partial charge in [-0.05, 0) is 24.3 Å². The minimum Gasteiger partial charge on any atom is -0.480 e. The minimum atomic E-state index is -1.26. The Morgan fingerprint density at radius 3 is 2.41 bits per heavy atom. The van der Waals surface area contributed by atoms with Gasteiger partial charge in [0.2, 0.25) is 5.91 Å². The standard InChI is InChI=1S/C20H28N2O5/c1-13(2)17(19(25)22-11-7-10-15(22)20(26)27)21(3)18(24)16(23)12-14-8-5-4-6-9-14/h4-6,8-9,13,15-17,23H,7,10-12H2,1-3H3,(H,26,27)/t15-,16+,17-/m0/s1. The van der Waals surface area contributed by atoms with Crippen LogP contribution in [0.3, 0.4) is 0 Å². The molecule has 0 spiro atoms. The fraction of sp³-hybridized carbons (Fsp3) is 0.550. The van der Waals surface area contributed by atoms with Gasteiger partial charge in [-0.2, -0.15) is 0 Å². The average Bonchev–Trinajstić information content (AvgIpc) is 3.11. The lowest BCUT2D eigenvalue weighted by atomic mass is 9.99. The predicted octanol–water partition coefficient (Wildman–Crippen LogP) is 1.15. The number of carbonyl (C=O) groups excluding carboxylic acids is 2. The van der Waals surface area contributed by atoms with E-state index in [-0.39, 0.29) is 18.2 Å². The third kappa shape index (κ3) is 4.86. The first-order valence-electron chi connectivity index (χ1n) is 9.26. The lowest BCUT2D eigenvalue weighted by Gasteiger charge is -2.35. The molecule has 2 rings (SSSR count). The van der Waals surface area contributed by atoms with Gasteiger partial charge in [-0.25, -0.2) is 4.79 Å². The van der Waals surface area contributed by atoms with Crippen molar-refractivity contribution in [2.75, 3.05) is 13.6 Å². The van der Waals surface area contributed by atoms with E-state index in [1.165, 1.54) is 16.8 Å². The van der Waals surface area contributed by atoms with Gasteiger partial charge in [0.1, 0.15) is 18.2 Å². The number of carboxylic acid groups (broad SMARTS) is 1. The summed E-state index contributed by atoms with van der Waals surface area (Å²) in [5, 5.41) is 19.7. The molecule has 7 heteroatoms. The van der Waals surface area contributed by atoms with E-state index in [0.717, 1.165) is 5.56 Å². The van der Waals surface area contributed by atoms with Crippen LogP contribution in [-0.4, -0.2) is 69.6 Å². The molecule has 2 N–H and O–H groups in total. The van der Waals surface area contributed by atoms with Crippen molar-refractivity contribution in [2.45, 2.75) is 51.3 Å². The molecule has 1 aliphatic heterocycles. The number of amides is 2. The number of carbonyl (C=O) groups is 3.